The summed E-state index contributed by atoms with van der Waals surface area (Å²) >= 11 is 0. The number of nitrogens with zero attached hydrogens (tertiary/aromatic N) is 1. The molecule has 0 aliphatic carbocycles. The number of nitrogens with one attached hydrogen (secondary N) is 1. The lowest BCUT2D eigenvalue weighted by molar-refractivity contribution is 0.130. The van der Waals surface area contributed by atoms with Crippen LogP contribution in [0.15, 0.2) is 18.2 Å². The summed E-state index contributed by atoms with van der Waals surface area (Å²) in [5.74, 6) is 0. The fourth-order valence-electron chi connectivity index (χ4n) is 1.66. The average Bonchev–Trinajstić information content (AvgIpc) is 2.45. The molecule has 1 N–H and O–H groups in total. The van der Waals surface area contributed by atoms with E-state index in [2.05, 4.69) is 16.4 Å². The van der Waals surface area contributed by atoms with Gasteiger partial charge in [-0.05, 0) is 32.0 Å². The van der Waals surface area contributed by atoms with Gasteiger partial charge in [0.25, 0.3) is 0 Å². The largest absolute Gasteiger partial charge is 0.379 e. The van der Waals surface area contributed by atoms with E-state index in [9.17, 15) is 0 Å². The number of pyridine rings is 1. The first-order chi connectivity index (χ1) is 6.86. The summed E-state index contributed by atoms with van der Waals surface area (Å²) in [4.78, 5) is 4.50. The van der Waals surface area contributed by atoms with Crippen molar-refractivity contribution in [1.82, 2.24) is 10.3 Å². The quantitative estimate of drug-likeness (QED) is 0.731. The summed E-state index contributed by atoms with van der Waals surface area (Å²) in [6, 6.07) is 6.38. The molecule has 1 atom stereocenters. The predicted molar refractivity (Wildman–Crippen MR) is 55.2 cm³/mol. The molecule has 1 aromatic rings. The fourth-order valence-corrected chi connectivity index (χ4v) is 1.66. The first-order valence-electron chi connectivity index (χ1n) is 5.11. The van der Waals surface area contributed by atoms with E-state index in [0.717, 1.165) is 37.6 Å². The van der Waals surface area contributed by atoms with Crippen molar-refractivity contribution < 1.29 is 4.74 Å². The number of hydrogen-bond acceptors (Lipinski definition) is 3. The Bertz CT molecular complexity index is 293. The molecule has 1 aliphatic heterocycles. The van der Waals surface area contributed by atoms with E-state index in [-0.39, 0.29) is 6.04 Å². The Hall–Kier alpha value is -0.930. The number of rotatable bonds is 1. The third kappa shape index (κ3) is 2.30. The molecular formula is C11H16N2O. The summed E-state index contributed by atoms with van der Waals surface area (Å²) in [5.41, 5.74) is 2.15. The van der Waals surface area contributed by atoms with Gasteiger partial charge in [0.1, 0.15) is 0 Å². The molecule has 3 nitrogen and oxygen atoms in total. The van der Waals surface area contributed by atoms with Crippen LogP contribution in [0.1, 0.15) is 23.9 Å². The van der Waals surface area contributed by atoms with Crippen molar-refractivity contribution in [2.24, 2.45) is 0 Å². The van der Waals surface area contributed by atoms with E-state index < -0.39 is 0 Å². The van der Waals surface area contributed by atoms with Crippen molar-refractivity contribution in [2.75, 3.05) is 19.8 Å². The maximum atomic E-state index is 5.50. The number of aromatic nitrogens is 1. The van der Waals surface area contributed by atoms with Gasteiger partial charge in [0, 0.05) is 12.3 Å². The molecular weight excluding hydrogens is 176 g/mol. The Morgan fingerprint density at radius 1 is 1.50 bits per heavy atom. The smallest absolute Gasteiger partial charge is 0.0732 e. The summed E-state index contributed by atoms with van der Waals surface area (Å²) in [6.45, 7) is 4.62. The maximum absolute atomic E-state index is 5.50. The van der Waals surface area contributed by atoms with E-state index in [1.807, 2.05) is 19.1 Å². The standard InChI is InChI=1S/C11H16N2O/c1-9-4-2-5-10(13-9)11-8-14-7-3-6-12-11/h2,4-5,11-12H,3,6-8H2,1H3. The number of ether oxygens (including phenoxy) is 1. The lowest BCUT2D eigenvalue weighted by Crippen LogP contribution is -2.24. The number of hydrogen-bond donors (Lipinski definition) is 1. The van der Waals surface area contributed by atoms with Gasteiger partial charge in [-0.1, -0.05) is 6.07 Å². The SMILES string of the molecule is Cc1cccc(C2COCCCN2)n1. The van der Waals surface area contributed by atoms with Gasteiger partial charge in [0.15, 0.2) is 0 Å². The highest BCUT2D eigenvalue weighted by Gasteiger charge is 2.14. The molecule has 0 amide bonds. The van der Waals surface area contributed by atoms with Crippen molar-refractivity contribution in [3.63, 3.8) is 0 Å². The van der Waals surface area contributed by atoms with Crippen LogP contribution in [0, 0.1) is 6.92 Å². The Morgan fingerprint density at radius 2 is 2.43 bits per heavy atom. The van der Waals surface area contributed by atoms with E-state index in [0.29, 0.717) is 0 Å². The van der Waals surface area contributed by atoms with E-state index >= 15 is 0 Å². The normalized spacial score (nSPS) is 23.1. The van der Waals surface area contributed by atoms with Gasteiger partial charge in [-0.15, -0.1) is 0 Å². The number of aryl methyl sites for hydroxylation is 1. The molecule has 1 aromatic heterocycles. The van der Waals surface area contributed by atoms with Crippen LogP contribution in [-0.2, 0) is 4.74 Å². The van der Waals surface area contributed by atoms with Crippen LogP contribution in [0.5, 0.6) is 0 Å². The van der Waals surface area contributed by atoms with Gasteiger partial charge in [0.05, 0.1) is 18.3 Å². The monoisotopic (exact) mass is 192 g/mol. The molecule has 2 heterocycles. The van der Waals surface area contributed by atoms with Gasteiger partial charge in [-0.2, -0.15) is 0 Å². The van der Waals surface area contributed by atoms with Gasteiger partial charge in [-0.25, -0.2) is 0 Å². The minimum atomic E-state index is 0.261. The third-order valence-corrected chi connectivity index (χ3v) is 2.41. The second-order valence-corrected chi connectivity index (χ2v) is 3.64. The zero-order valence-corrected chi connectivity index (χ0v) is 8.49. The highest BCUT2D eigenvalue weighted by Crippen LogP contribution is 2.13. The zero-order valence-electron chi connectivity index (χ0n) is 8.49. The minimum Gasteiger partial charge on any atom is -0.379 e. The van der Waals surface area contributed by atoms with Crippen LogP contribution >= 0.6 is 0 Å². The predicted octanol–water partition coefficient (Wildman–Crippen LogP) is 1.44. The summed E-state index contributed by atoms with van der Waals surface area (Å²) in [7, 11) is 0. The van der Waals surface area contributed by atoms with Crippen LogP contribution in [0.4, 0.5) is 0 Å². The maximum Gasteiger partial charge on any atom is 0.0732 e. The Balaban J connectivity index is 2.12. The van der Waals surface area contributed by atoms with Crippen molar-refractivity contribution >= 4 is 0 Å². The highest BCUT2D eigenvalue weighted by atomic mass is 16.5. The molecule has 1 fully saturated rings. The molecule has 76 valence electrons. The van der Waals surface area contributed by atoms with Crippen molar-refractivity contribution in [3.05, 3.63) is 29.6 Å². The average molecular weight is 192 g/mol. The first-order valence-corrected chi connectivity index (χ1v) is 5.11. The third-order valence-electron chi connectivity index (χ3n) is 2.41. The molecule has 1 aliphatic rings. The molecule has 1 unspecified atom stereocenters. The molecule has 3 heteroatoms. The molecule has 0 radical (unpaired) electrons. The van der Waals surface area contributed by atoms with E-state index in [4.69, 9.17) is 4.74 Å². The summed E-state index contributed by atoms with van der Waals surface area (Å²) < 4.78 is 5.50. The van der Waals surface area contributed by atoms with Crippen LogP contribution in [-0.4, -0.2) is 24.7 Å². The van der Waals surface area contributed by atoms with Crippen LogP contribution in [0.3, 0.4) is 0 Å². The molecule has 0 bridgehead atoms. The lowest BCUT2D eigenvalue weighted by Gasteiger charge is -2.14. The van der Waals surface area contributed by atoms with Gasteiger partial charge in [-0.3, -0.25) is 4.98 Å². The summed E-state index contributed by atoms with van der Waals surface area (Å²) in [6.07, 6.45) is 1.09. The fraction of sp³-hybridized carbons (Fsp3) is 0.545. The molecule has 0 spiro atoms. The molecule has 2 rings (SSSR count). The van der Waals surface area contributed by atoms with E-state index in [1.54, 1.807) is 0 Å². The van der Waals surface area contributed by atoms with Gasteiger partial charge < -0.3 is 10.1 Å². The zero-order chi connectivity index (χ0) is 9.80. The van der Waals surface area contributed by atoms with Gasteiger partial charge >= 0.3 is 0 Å². The van der Waals surface area contributed by atoms with Crippen LogP contribution in [0.2, 0.25) is 0 Å². The first kappa shape index (κ1) is 9.62. The highest BCUT2D eigenvalue weighted by molar-refractivity contribution is 5.13. The Labute approximate surface area is 84.5 Å². The summed E-state index contributed by atoms with van der Waals surface area (Å²) in [5, 5.41) is 3.44. The topological polar surface area (TPSA) is 34.1 Å². The Morgan fingerprint density at radius 3 is 3.29 bits per heavy atom. The van der Waals surface area contributed by atoms with E-state index in [1.165, 1.54) is 0 Å². The van der Waals surface area contributed by atoms with Crippen molar-refractivity contribution in [2.45, 2.75) is 19.4 Å². The van der Waals surface area contributed by atoms with Crippen molar-refractivity contribution in [3.8, 4) is 0 Å². The molecule has 0 aromatic carbocycles. The second kappa shape index (κ2) is 4.53. The molecule has 1 saturated heterocycles. The van der Waals surface area contributed by atoms with Gasteiger partial charge in [0.2, 0.25) is 0 Å². The van der Waals surface area contributed by atoms with Crippen LogP contribution in [0.25, 0.3) is 0 Å². The van der Waals surface area contributed by atoms with Crippen LogP contribution < -0.4 is 5.32 Å². The molecule has 14 heavy (non-hydrogen) atoms. The minimum absolute atomic E-state index is 0.261. The second-order valence-electron chi connectivity index (χ2n) is 3.64. The van der Waals surface area contributed by atoms with Crippen molar-refractivity contribution in [1.29, 1.82) is 0 Å². The molecule has 0 saturated carbocycles. The Kier molecular flexibility index (Phi) is 3.11. The lowest BCUT2D eigenvalue weighted by atomic mass is 10.2.